The van der Waals surface area contributed by atoms with Crippen LogP contribution in [0, 0.1) is 0 Å². The average Bonchev–Trinajstić information content (AvgIpc) is 2.94. The maximum absolute atomic E-state index is 12.0. The summed E-state index contributed by atoms with van der Waals surface area (Å²) in [4.78, 5) is 41.0. The van der Waals surface area contributed by atoms with Crippen LogP contribution in [0.25, 0.3) is 10.2 Å². The Bertz CT molecular complexity index is 725. The molecule has 0 spiro atoms. The van der Waals surface area contributed by atoms with E-state index in [1.54, 1.807) is 0 Å². The second-order valence-electron chi connectivity index (χ2n) is 5.20. The lowest BCUT2D eigenvalue weighted by molar-refractivity contribution is -0.138. The van der Waals surface area contributed by atoms with E-state index in [2.05, 4.69) is 15.6 Å². The molecular formula is C15H16N4O3S. The molecule has 1 saturated heterocycles. The number of amides is 3. The Morgan fingerprint density at radius 2 is 2.13 bits per heavy atom. The molecular weight excluding hydrogens is 316 g/mol. The van der Waals surface area contributed by atoms with Crippen LogP contribution in [-0.2, 0) is 14.4 Å². The van der Waals surface area contributed by atoms with Gasteiger partial charge in [-0.3, -0.25) is 14.4 Å². The molecule has 0 bridgehead atoms. The van der Waals surface area contributed by atoms with E-state index >= 15 is 0 Å². The van der Waals surface area contributed by atoms with Gasteiger partial charge in [-0.1, -0.05) is 23.5 Å². The van der Waals surface area contributed by atoms with Gasteiger partial charge in [0, 0.05) is 25.9 Å². The topological polar surface area (TPSA) is 91.4 Å². The van der Waals surface area contributed by atoms with E-state index in [1.807, 2.05) is 24.3 Å². The molecule has 0 radical (unpaired) electrons. The number of carbonyl (C=O) groups is 3. The van der Waals surface area contributed by atoms with E-state index in [1.165, 1.54) is 16.2 Å². The number of nitrogens with one attached hydrogen (secondary N) is 2. The first kappa shape index (κ1) is 15.4. The number of hydrogen-bond donors (Lipinski definition) is 2. The third-order valence-corrected chi connectivity index (χ3v) is 4.45. The molecule has 23 heavy (non-hydrogen) atoms. The van der Waals surface area contributed by atoms with E-state index in [9.17, 15) is 14.4 Å². The third-order valence-electron chi connectivity index (χ3n) is 3.50. The monoisotopic (exact) mass is 332 g/mol. The number of rotatable bonds is 4. The maximum Gasteiger partial charge on any atom is 0.239 e. The van der Waals surface area contributed by atoms with Crippen LogP contribution >= 0.6 is 11.3 Å². The highest BCUT2D eigenvalue weighted by molar-refractivity contribution is 7.22. The molecule has 0 atom stereocenters. The highest BCUT2D eigenvalue weighted by atomic mass is 32.1. The molecule has 0 saturated carbocycles. The van der Waals surface area contributed by atoms with Crippen molar-refractivity contribution in [3.63, 3.8) is 0 Å². The molecule has 2 N–H and O–H groups in total. The number of fused-ring (bicyclic) bond motifs is 1. The maximum atomic E-state index is 12.0. The second-order valence-corrected chi connectivity index (χ2v) is 6.23. The van der Waals surface area contributed by atoms with Gasteiger partial charge in [-0.25, -0.2) is 4.98 Å². The summed E-state index contributed by atoms with van der Waals surface area (Å²) in [5.74, 6) is -0.596. The summed E-state index contributed by atoms with van der Waals surface area (Å²) >= 11 is 1.40. The Balaban J connectivity index is 1.51. The molecule has 1 aliphatic rings. The van der Waals surface area contributed by atoms with Gasteiger partial charge in [0.25, 0.3) is 0 Å². The smallest absolute Gasteiger partial charge is 0.239 e. The highest BCUT2D eigenvalue weighted by Gasteiger charge is 2.21. The number of carbonyl (C=O) groups excluding carboxylic acids is 3. The van der Waals surface area contributed by atoms with Gasteiger partial charge in [0.05, 0.1) is 16.8 Å². The molecule has 2 aromatic rings. The first-order valence-corrected chi connectivity index (χ1v) is 8.13. The van der Waals surface area contributed by atoms with E-state index in [0.717, 1.165) is 10.2 Å². The minimum Gasteiger partial charge on any atom is -0.353 e. The van der Waals surface area contributed by atoms with E-state index in [-0.39, 0.29) is 37.1 Å². The lowest BCUT2D eigenvalue weighted by Crippen LogP contribution is -2.50. The van der Waals surface area contributed by atoms with Gasteiger partial charge in [0.2, 0.25) is 17.7 Å². The second kappa shape index (κ2) is 6.74. The fraction of sp³-hybridized carbons (Fsp3) is 0.333. The average molecular weight is 332 g/mol. The van der Waals surface area contributed by atoms with Crippen LogP contribution in [-0.4, -0.2) is 47.2 Å². The molecule has 0 aliphatic carbocycles. The summed E-state index contributed by atoms with van der Waals surface area (Å²) in [6.45, 7) is 1.02. The van der Waals surface area contributed by atoms with Crippen molar-refractivity contribution < 1.29 is 14.4 Å². The number of hydrogen-bond acceptors (Lipinski definition) is 5. The zero-order chi connectivity index (χ0) is 16.2. The summed E-state index contributed by atoms with van der Waals surface area (Å²) in [6.07, 6.45) is 0.164. The van der Waals surface area contributed by atoms with Crippen molar-refractivity contribution >= 4 is 44.4 Å². The van der Waals surface area contributed by atoms with Crippen molar-refractivity contribution in [3.05, 3.63) is 24.3 Å². The summed E-state index contributed by atoms with van der Waals surface area (Å²) in [7, 11) is 0. The fourth-order valence-corrected chi connectivity index (χ4v) is 3.22. The fourth-order valence-electron chi connectivity index (χ4n) is 2.34. The first-order chi connectivity index (χ1) is 11.1. The van der Waals surface area contributed by atoms with Crippen molar-refractivity contribution in [3.8, 4) is 0 Å². The van der Waals surface area contributed by atoms with E-state index in [4.69, 9.17) is 0 Å². The Morgan fingerprint density at radius 1 is 1.30 bits per heavy atom. The Kier molecular flexibility index (Phi) is 4.52. The zero-order valence-corrected chi connectivity index (χ0v) is 13.2. The van der Waals surface area contributed by atoms with Crippen LogP contribution in [0.1, 0.15) is 12.8 Å². The van der Waals surface area contributed by atoms with Gasteiger partial charge in [-0.05, 0) is 12.1 Å². The normalized spacial score (nSPS) is 14.6. The standard InChI is InChI=1S/C15H16N4O3S/c20-12(5-6-14(22)19-8-7-16-13(21)9-19)18-15-17-10-3-1-2-4-11(10)23-15/h1-4H,5-9H2,(H,16,21)(H,17,18,20). The molecule has 3 amide bonds. The highest BCUT2D eigenvalue weighted by Crippen LogP contribution is 2.25. The van der Waals surface area contributed by atoms with Gasteiger partial charge in [0.15, 0.2) is 5.13 Å². The molecule has 3 rings (SSSR count). The number of aromatic nitrogens is 1. The van der Waals surface area contributed by atoms with Crippen LogP contribution in [0.4, 0.5) is 5.13 Å². The molecule has 1 aromatic heterocycles. The summed E-state index contributed by atoms with van der Waals surface area (Å²) in [5.41, 5.74) is 0.836. The van der Waals surface area contributed by atoms with Crippen molar-refractivity contribution in [1.29, 1.82) is 0 Å². The van der Waals surface area contributed by atoms with Crippen molar-refractivity contribution in [2.45, 2.75) is 12.8 Å². The predicted octanol–water partition coefficient (Wildman–Crippen LogP) is 0.973. The Labute approximate surface area is 136 Å². The summed E-state index contributed by atoms with van der Waals surface area (Å²) in [6, 6.07) is 7.63. The van der Waals surface area contributed by atoms with Crippen LogP contribution < -0.4 is 10.6 Å². The van der Waals surface area contributed by atoms with Crippen molar-refractivity contribution in [2.24, 2.45) is 0 Å². The molecule has 0 unspecified atom stereocenters. The van der Waals surface area contributed by atoms with Gasteiger partial charge in [0.1, 0.15) is 0 Å². The van der Waals surface area contributed by atoms with Crippen LogP contribution in [0.3, 0.4) is 0 Å². The molecule has 1 fully saturated rings. The lowest BCUT2D eigenvalue weighted by Gasteiger charge is -2.26. The SMILES string of the molecule is O=C1CN(C(=O)CCC(=O)Nc2nc3ccccc3s2)CCN1. The number of nitrogens with zero attached hydrogens (tertiary/aromatic N) is 2. The molecule has 7 nitrogen and oxygen atoms in total. The van der Waals surface area contributed by atoms with Gasteiger partial charge in [-0.2, -0.15) is 0 Å². The van der Waals surface area contributed by atoms with Crippen molar-refractivity contribution in [1.82, 2.24) is 15.2 Å². The lowest BCUT2D eigenvalue weighted by atomic mass is 10.2. The summed E-state index contributed by atoms with van der Waals surface area (Å²) < 4.78 is 0.998. The Morgan fingerprint density at radius 3 is 2.91 bits per heavy atom. The van der Waals surface area contributed by atoms with Crippen LogP contribution in [0.5, 0.6) is 0 Å². The Hall–Kier alpha value is -2.48. The minimum absolute atomic E-state index is 0.0678. The van der Waals surface area contributed by atoms with Crippen LogP contribution in [0.15, 0.2) is 24.3 Å². The van der Waals surface area contributed by atoms with Crippen LogP contribution in [0.2, 0.25) is 0 Å². The quantitative estimate of drug-likeness (QED) is 0.873. The van der Waals surface area contributed by atoms with E-state index < -0.39 is 0 Å². The third kappa shape index (κ3) is 3.84. The number of anilines is 1. The largest absolute Gasteiger partial charge is 0.353 e. The van der Waals surface area contributed by atoms with Gasteiger partial charge in [-0.15, -0.1) is 0 Å². The van der Waals surface area contributed by atoms with Gasteiger partial charge < -0.3 is 15.5 Å². The predicted molar refractivity (Wildman–Crippen MR) is 87.1 cm³/mol. The molecule has 1 aromatic carbocycles. The van der Waals surface area contributed by atoms with E-state index in [0.29, 0.717) is 18.2 Å². The number of thiazole rings is 1. The van der Waals surface area contributed by atoms with Gasteiger partial charge >= 0.3 is 0 Å². The number of piperazine rings is 1. The molecule has 2 heterocycles. The molecule has 8 heteroatoms. The van der Waals surface area contributed by atoms with Crippen molar-refractivity contribution in [2.75, 3.05) is 25.0 Å². The molecule has 1 aliphatic heterocycles. The first-order valence-electron chi connectivity index (χ1n) is 7.32. The zero-order valence-electron chi connectivity index (χ0n) is 12.4. The minimum atomic E-state index is -0.251. The number of benzene rings is 1. The summed E-state index contributed by atoms with van der Waals surface area (Å²) in [5, 5.41) is 5.90. The number of para-hydroxylation sites is 1. The molecule has 120 valence electrons.